The van der Waals surface area contributed by atoms with E-state index in [0.29, 0.717) is 36.6 Å². The molecule has 10 heteroatoms. The first-order valence-corrected chi connectivity index (χ1v) is 13.2. The van der Waals surface area contributed by atoms with Gasteiger partial charge in [-0.1, -0.05) is 30.7 Å². The number of rotatable bonds is 6. The van der Waals surface area contributed by atoms with Crippen molar-refractivity contribution in [1.29, 1.82) is 0 Å². The first-order chi connectivity index (χ1) is 14.9. The number of aromatic nitrogens is 1. The number of halogens is 2. The molecule has 0 unspecified atom stereocenters. The number of carbonyl (C=O) groups excluding carboxylic acids is 1. The maximum atomic E-state index is 13.5. The Morgan fingerprint density at radius 2 is 2.26 bits per heavy atom. The van der Waals surface area contributed by atoms with Gasteiger partial charge in [0.2, 0.25) is 0 Å². The highest BCUT2D eigenvalue weighted by molar-refractivity contribution is 14.1. The lowest BCUT2D eigenvalue weighted by Gasteiger charge is -2.24. The monoisotopic (exact) mass is 632 g/mol. The van der Waals surface area contributed by atoms with Crippen LogP contribution in [-0.4, -0.2) is 17.1 Å². The summed E-state index contributed by atoms with van der Waals surface area (Å²) >= 11 is 8.32. The molecule has 0 aliphatic carbocycles. The summed E-state index contributed by atoms with van der Waals surface area (Å²) in [5.74, 6) is 0.152. The van der Waals surface area contributed by atoms with Crippen molar-refractivity contribution in [3.8, 4) is 0 Å². The minimum atomic E-state index is -0.553. The SMILES string of the molecule is CCCC1=C(C(=O)OCC)[C@H](c2cccs2)n2c(s/c(=C/c3cc(Br)c(I)o3)c2=O)=N1. The minimum absolute atomic E-state index is 0.206. The summed E-state index contributed by atoms with van der Waals surface area (Å²) in [6, 6.07) is 5.12. The van der Waals surface area contributed by atoms with Crippen LogP contribution in [0.5, 0.6) is 0 Å². The maximum Gasteiger partial charge on any atom is 0.338 e. The summed E-state index contributed by atoms with van der Waals surface area (Å²) in [6.45, 7) is 4.07. The first-order valence-electron chi connectivity index (χ1n) is 9.64. The lowest BCUT2D eigenvalue weighted by atomic mass is 9.99. The number of ether oxygens (including phenoxy) is 1. The average Bonchev–Trinajstić information content (AvgIpc) is 3.43. The Labute approximate surface area is 208 Å². The van der Waals surface area contributed by atoms with Crippen LogP contribution >= 0.6 is 61.2 Å². The van der Waals surface area contributed by atoms with E-state index >= 15 is 0 Å². The normalized spacial score (nSPS) is 16.4. The van der Waals surface area contributed by atoms with Crippen molar-refractivity contribution in [2.75, 3.05) is 6.61 Å². The molecule has 0 saturated carbocycles. The average molecular weight is 633 g/mol. The predicted octanol–water partition coefficient (Wildman–Crippen LogP) is 4.60. The zero-order valence-electron chi connectivity index (χ0n) is 16.7. The van der Waals surface area contributed by atoms with Gasteiger partial charge in [0.25, 0.3) is 5.56 Å². The summed E-state index contributed by atoms with van der Waals surface area (Å²) in [6.07, 6.45) is 3.17. The number of hydrogen-bond acceptors (Lipinski definition) is 7. The molecule has 6 nitrogen and oxygen atoms in total. The first kappa shape index (κ1) is 22.7. The highest BCUT2D eigenvalue weighted by Gasteiger charge is 2.34. The number of hydrogen-bond donors (Lipinski definition) is 0. The molecule has 0 fully saturated rings. The highest BCUT2D eigenvalue weighted by atomic mass is 127. The number of nitrogens with zero attached hydrogens (tertiary/aromatic N) is 2. The van der Waals surface area contributed by atoms with Crippen molar-refractivity contribution >= 4 is 73.2 Å². The van der Waals surface area contributed by atoms with Crippen LogP contribution in [0.4, 0.5) is 0 Å². The fourth-order valence-corrected chi connectivity index (χ4v) is 5.94. The minimum Gasteiger partial charge on any atom is -0.463 e. The van der Waals surface area contributed by atoms with Crippen LogP contribution in [0.2, 0.25) is 0 Å². The third-order valence-electron chi connectivity index (χ3n) is 4.64. The molecule has 0 radical (unpaired) electrons. The van der Waals surface area contributed by atoms with Crippen LogP contribution in [0.3, 0.4) is 0 Å². The van der Waals surface area contributed by atoms with E-state index in [1.54, 1.807) is 17.6 Å². The molecule has 0 spiro atoms. The fourth-order valence-electron chi connectivity index (χ4n) is 3.40. The highest BCUT2D eigenvalue weighted by Crippen LogP contribution is 2.34. The van der Waals surface area contributed by atoms with Crippen LogP contribution in [0, 0.1) is 3.77 Å². The Morgan fingerprint density at radius 1 is 1.45 bits per heavy atom. The van der Waals surface area contributed by atoms with E-state index in [0.717, 1.165) is 15.8 Å². The standard InChI is InChI=1S/C21H18BrIN2O4S2/c1-3-6-13-16(20(27)28-4-2)17(14-7-5-8-30-14)25-19(26)15(31-21(25)24-13)10-11-9-12(22)18(23)29-11/h5,7-10,17H,3-4,6H2,1-2H3/b15-10+/t17-/m0/s1. The lowest BCUT2D eigenvalue weighted by Crippen LogP contribution is -2.39. The van der Waals surface area contributed by atoms with Crippen LogP contribution in [-0.2, 0) is 9.53 Å². The van der Waals surface area contributed by atoms with E-state index < -0.39 is 12.0 Å². The third-order valence-corrected chi connectivity index (χ3v) is 8.68. The quantitative estimate of drug-likeness (QED) is 0.294. The molecule has 162 valence electrons. The van der Waals surface area contributed by atoms with Crippen molar-refractivity contribution in [2.45, 2.75) is 32.7 Å². The van der Waals surface area contributed by atoms with E-state index in [9.17, 15) is 9.59 Å². The number of thiophene rings is 1. The molecule has 0 amide bonds. The molecular formula is C21H18BrIN2O4S2. The molecule has 3 aromatic heterocycles. The topological polar surface area (TPSA) is 73.8 Å². The Morgan fingerprint density at radius 3 is 2.87 bits per heavy atom. The number of carbonyl (C=O) groups is 1. The smallest absolute Gasteiger partial charge is 0.338 e. The predicted molar refractivity (Wildman–Crippen MR) is 133 cm³/mol. The van der Waals surface area contributed by atoms with E-state index in [1.165, 1.54) is 22.7 Å². The number of furan rings is 1. The van der Waals surface area contributed by atoms with Gasteiger partial charge in [0.05, 0.1) is 26.9 Å². The molecule has 0 bridgehead atoms. The van der Waals surface area contributed by atoms with Gasteiger partial charge in [0, 0.05) is 33.5 Å². The van der Waals surface area contributed by atoms with Crippen LogP contribution < -0.4 is 14.9 Å². The van der Waals surface area contributed by atoms with Crippen molar-refractivity contribution in [2.24, 2.45) is 4.99 Å². The number of thiazole rings is 1. The summed E-state index contributed by atoms with van der Waals surface area (Å²) in [7, 11) is 0. The van der Waals surface area contributed by atoms with E-state index in [4.69, 9.17) is 14.1 Å². The number of allylic oxidation sites excluding steroid dienone is 1. The summed E-state index contributed by atoms with van der Waals surface area (Å²) < 4.78 is 14.7. The molecule has 4 rings (SSSR count). The Bertz CT molecular complexity index is 1320. The molecule has 1 aliphatic heterocycles. The van der Waals surface area contributed by atoms with Crippen molar-refractivity contribution < 1.29 is 13.9 Å². The summed E-state index contributed by atoms with van der Waals surface area (Å²) in [4.78, 5) is 32.6. The Kier molecular flexibility index (Phi) is 6.99. The third kappa shape index (κ3) is 4.39. The van der Waals surface area contributed by atoms with Gasteiger partial charge in [-0.2, -0.15) is 0 Å². The van der Waals surface area contributed by atoms with Gasteiger partial charge in [-0.05, 0) is 46.8 Å². The van der Waals surface area contributed by atoms with Gasteiger partial charge in [-0.25, -0.2) is 9.79 Å². The van der Waals surface area contributed by atoms with Crippen molar-refractivity contribution in [3.63, 3.8) is 0 Å². The van der Waals surface area contributed by atoms with E-state index in [-0.39, 0.29) is 12.2 Å². The van der Waals surface area contributed by atoms with Gasteiger partial charge >= 0.3 is 5.97 Å². The molecule has 0 N–H and O–H groups in total. The van der Waals surface area contributed by atoms with E-state index in [1.807, 2.05) is 30.5 Å². The Balaban J connectivity index is 1.97. The van der Waals surface area contributed by atoms with Crippen LogP contribution in [0.1, 0.15) is 43.4 Å². The molecular weight excluding hydrogens is 615 g/mol. The number of fused-ring (bicyclic) bond motifs is 1. The van der Waals surface area contributed by atoms with Gasteiger partial charge in [0.15, 0.2) is 8.57 Å². The van der Waals surface area contributed by atoms with Crippen molar-refractivity contribution in [3.05, 3.63) is 73.4 Å². The lowest BCUT2D eigenvalue weighted by molar-refractivity contribution is -0.139. The molecule has 31 heavy (non-hydrogen) atoms. The second-order valence-corrected chi connectivity index (χ2v) is 10.5. The number of esters is 1. The van der Waals surface area contributed by atoms with Gasteiger partial charge in [0.1, 0.15) is 11.8 Å². The Hall–Kier alpha value is -1.50. The molecule has 4 heterocycles. The van der Waals surface area contributed by atoms with Gasteiger partial charge < -0.3 is 9.15 Å². The van der Waals surface area contributed by atoms with Crippen LogP contribution in [0.25, 0.3) is 6.08 Å². The largest absolute Gasteiger partial charge is 0.463 e. The van der Waals surface area contributed by atoms with Crippen molar-refractivity contribution in [1.82, 2.24) is 4.57 Å². The second kappa shape index (κ2) is 9.55. The summed E-state index contributed by atoms with van der Waals surface area (Å²) in [5.41, 5.74) is 0.921. The molecule has 1 aliphatic rings. The molecule has 0 saturated heterocycles. The molecule has 1 atom stereocenters. The van der Waals surface area contributed by atoms with Crippen LogP contribution in [0.15, 0.2) is 53.5 Å². The van der Waals surface area contributed by atoms with Gasteiger partial charge in [-0.15, -0.1) is 11.3 Å². The zero-order chi connectivity index (χ0) is 22.1. The maximum absolute atomic E-state index is 13.5. The zero-order valence-corrected chi connectivity index (χ0v) is 22.1. The second-order valence-electron chi connectivity index (χ2n) is 6.70. The molecule has 3 aromatic rings. The molecule has 0 aromatic carbocycles. The van der Waals surface area contributed by atoms with E-state index in [2.05, 4.69) is 38.5 Å². The summed E-state index contributed by atoms with van der Waals surface area (Å²) in [5, 5.41) is 1.94. The fraction of sp³-hybridized carbons (Fsp3) is 0.286. The van der Waals surface area contributed by atoms with Gasteiger partial charge in [-0.3, -0.25) is 9.36 Å².